The smallest absolute Gasteiger partial charge is 0.132 e. The zero-order valence-corrected chi connectivity index (χ0v) is 10.7. The number of hydrogen-bond acceptors (Lipinski definition) is 3. The number of aromatic nitrogens is 1. The highest BCUT2D eigenvalue weighted by molar-refractivity contribution is 5.59. The lowest BCUT2D eigenvalue weighted by molar-refractivity contribution is 0.199. The molecular weight excluding hydrogens is 224 g/mol. The van der Waals surface area contributed by atoms with E-state index in [4.69, 9.17) is 0 Å². The van der Waals surface area contributed by atoms with Gasteiger partial charge in [-0.15, -0.1) is 0 Å². The number of pyridine rings is 1. The van der Waals surface area contributed by atoms with E-state index in [-0.39, 0.29) is 0 Å². The van der Waals surface area contributed by atoms with E-state index < -0.39 is 6.10 Å². The Labute approximate surface area is 108 Å². The summed E-state index contributed by atoms with van der Waals surface area (Å²) in [5.41, 5.74) is 1.96. The van der Waals surface area contributed by atoms with Gasteiger partial charge in [-0.25, -0.2) is 4.98 Å². The molecule has 1 heterocycles. The molecule has 3 nitrogen and oxygen atoms in total. The molecule has 0 radical (unpaired) electrons. The zero-order valence-electron chi connectivity index (χ0n) is 10.7. The molecule has 0 amide bonds. The number of benzene rings is 1. The molecular formula is C15H18N2O. The van der Waals surface area contributed by atoms with Crippen LogP contribution in [-0.2, 0) is 0 Å². The van der Waals surface area contributed by atoms with Crippen molar-refractivity contribution in [3.8, 4) is 0 Å². The number of anilines is 2. The summed E-state index contributed by atoms with van der Waals surface area (Å²) in [6.45, 7) is 4.69. The molecule has 1 N–H and O–H groups in total. The largest absolute Gasteiger partial charge is 0.389 e. The van der Waals surface area contributed by atoms with E-state index in [1.807, 2.05) is 30.3 Å². The van der Waals surface area contributed by atoms with Gasteiger partial charge in [0.2, 0.25) is 0 Å². The second-order valence-corrected chi connectivity index (χ2v) is 4.21. The molecule has 2 aromatic rings. The van der Waals surface area contributed by atoms with Crippen LogP contribution in [0, 0.1) is 0 Å². The van der Waals surface area contributed by atoms with Crippen LogP contribution in [0.15, 0.2) is 48.7 Å². The predicted molar refractivity (Wildman–Crippen MR) is 74.0 cm³/mol. The Morgan fingerprint density at radius 3 is 2.39 bits per heavy atom. The molecule has 0 aliphatic carbocycles. The molecule has 1 atom stereocenters. The minimum Gasteiger partial charge on any atom is -0.389 e. The van der Waals surface area contributed by atoms with Crippen molar-refractivity contribution in [2.45, 2.75) is 20.0 Å². The van der Waals surface area contributed by atoms with Crippen LogP contribution in [0.2, 0.25) is 0 Å². The summed E-state index contributed by atoms with van der Waals surface area (Å²) in [6.07, 6.45) is 1.25. The highest BCUT2D eigenvalue weighted by Crippen LogP contribution is 2.23. The van der Waals surface area contributed by atoms with Gasteiger partial charge in [-0.1, -0.05) is 24.3 Å². The summed E-state index contributed by atoms with van der Waals surface area (Å²) in [4.78, 5) is 6.54. The molecule has 0 spiro atoms. The van der Waals surface area contributed by atoms with Crippen molar-refractivity contribution in [3.63, 3.8) is 0 Å². The van der Waals surface area contributed by atoms with Crippen LogP contribution in [0.1, 0.15) is 25.5 Å². The summed E-state index contributed by atoms with van der Waals surface area (Å²) in [7, 11) is 0. The fourth-order valence-electron chi connectivity index (χ4n) is 1.89. The van der Waals surface area contributed by atoms with E-state index in [0.717, 1.165) is 23.6 Å². The quantitative estimate of drug-likeness (QED) is 0.893. The maximum absolute atomic E-state index is 9.47. The van der Waals surface area contributed by atoms with Crippen molar-refractivity contribution in [2.75, 3.05) is 11.4 Å². The number of para-hydroxylation sites is 1. The fourth-order valence-corrected chi connectivity index (χ4v) is 1.89. The zero-order chi connectivity index (χ0) is 13.0. The van der Waals surface area contributed by atoms with Gasteiger partial charge in [0.1, 0.15) is 5.82 Å². The average molecular weight is 242 g/mol. The summed E-state index contributed by atoms with van der Waals surface area (Å²) in [5, 5.41) is 9.47. The molecule has 0 bridgehead atoms. The van der Waals surface area contributed by atoms with E-state index in [0.29, 0.717) is 0 Å². The van der Waals surface area contributed by atoms with Crippen molar-refractivity contribution in [3.05, 3.63) is 54.2 Å². The topological polar surface area (TPSA) is 36.4 Å². The Morgan fingerprint density at radius 2 is 1.89 bits per heavy atom. The Hall–Kier alpha value is -1.87. The van der Waals surface area contributed by atoms with E-state index in [9.17, 15) is 5.11 Å². The fraction of sp³-hybridized carbons (Fsp3) is 0.267. The third-order valence-electron chi connectivity index (χ3n) is 2.91. The van der Waals surface area contributed by atoms with Crippen LogP contribution in [0.3, 0.4) is 0 Å². The maximum Gasteiger partial charge on any atom is 0.132 e. The molecule has 0 aliphatic heterocycles. The highest BCUT2D eigenvalue weighted by atomic mass is 16.3. The van der Waals surface area contributed by atoms with E-state index >= 15 is 0 Å². The van der Waals surface area contributed by atoms with Crippen LogP contribution >= 0.6 is 0 Å². The van der Waals surface area contributed by atoms with Gasteiger partial charge in [0.05, 0.1) is 6.10 Å². The third-order valence-corrected chi connectivity index (χ3v) is 2.91. The molecule has 94 valence electrons. The van der Waals surface area contributed by atoms with Gasteiger partial charge in [-0.2, -0.15) is 0 Å². The second-order valence-electron chi connectivity index (χ2n) is 4.21. The lowest BCUT2D eigenvalue weighted by Crippen LogP contribution is -2.17. The lowest BCUT2D eigenvalue weighted by atomic mass is 10.2. The normalized spacial score (nSPS) is 12.2. The van der Waals surface area contributed by atoms with Crippen molar-refractivity contribution in [1.29, 1.82) is 0 Å². The molecule has 0 saturated heterocycles. The molecule has 18 heavy (non-hydrogen) atoms. The first kappa shape index (κ1) is 12.6. The summed E-state index contributed by atoms with van der Waals surface area (Å²) >= 11 is 0. The van der Waals surface area contributed by atoms with Gasteiger partial charge in [0, 0.05) is 18.4 Å². The van der Waals surface area contributed by atoms with Gasteiger partial charge in [-0.3, -0.25) is 0 Å². The average Bonchev–Trinajstić information content (AvgIpc) is 2.41. The molecule has 3 heteroatoms. The summed E-state index contributed by atoms with van der Waals surface area (Å²) in [5.74, 6) is 0.896. The Bertz CT molecular complexity index is 480. The molecule has 1 aromatic carbocycles. The Morgan fingerprint density at radius 1 is 1.17 bits per heavy atom. The van der Waals surface area contributed by atoms with Gasteiger partial charge in [0.25, 0.3) is 0 Å². The number of nitrogens with zero attached hydrogens (tertiary/aromatic N) is 2. The summed E-state index contributed by atoms with van der Waals surface area (Å²) < 4.78 is 0. The number of rotatable bonds is 4. The van der Waals surface area contributed by atoms with Crippen LogP contribution in [0.25, 0.3) is 0 Å². The maximum atomic E-state index is 9.47. The molecule has 0 fully saturated rings. The van der Waals surface area contributed by atoms with Crippen molar-refractivity contribution >= 4 is 11.5 Å². The Balaban J connectivity index is 2.28. The predicted octanol–water partition coefficient (Wildman–Crippen LogP) is 3.29. The van der Waals surface area contributed by atoms with Crippen molar-refractivity contribution in [1.82, 2.24) is 4.98 Å². The molecule has 0 saturated carbocycles. The van der Waals surface area contributed by atoms with Gasteiger partial charge in [0.15, 0.2) is 0 Å². The first-order valence-corrected chi connectivity index (χ1v) is 6.19. The lowest BCUT2D eigenvalue weighted by Gasteiger charge is -2.22. The van der Waals surface area contributed by atoms with Gasteiger partial charge >= 0.3 is 0 Å². The first-order chi connectivity index (χ1) is 8.72. The number of aliphatic hydroxyl groups excluding tert-OH is 1. The van der Waals surface area contributed by atoms with E-state index in [2.05, 4.69) is 28.9 Å². The van der Waals surface area contributed by atoms with Crippen LogP contribution in [-0.4, -0.2) is 16.6 Å². The minimum atomic E-state index is -0.474. The van der Waals surface area contributed by atoms with Crippen molar-refractivity contribution < 1.29 is 5.11 Å². The van der Waals surface area contributed by atoms with E-state index in [1.165, 1.54) is 0 Å². The first-order valence-electron chi connectivity index (χ1n) is 6.19. The van der Waals surface area contributed by atoms with Crippen LogP contribution in [0.4, 0.5) is 11.5 Å². The molecule has 2 rings (SSSR count). The van der Waals surface area contributed by atoms with Gasteiger partial charge < -0.3 is 10.0 Å². The van der Waals surface area contributed by atoms with E-state index in [1.54, 1.807) is 13.1 Å². The monoisotopic (exact) mass is 242 g/mol. The standard InChI is InChI=1S/C15H18N2O/c1-3-17(14-7-5-4-6-8-14)15-10-9-13(11-16-15)12(2)18/h4-12,18H,3H2,1-2H3/t12-/m0/s1. The molecule has 0 unspecified atom stereocenters. The van der Waals surface area contributed by atoms with Gasteiger partial charge in [-0.05, 0) is 37.6 Å². The SMILES string of the molecule is CCN(c1ccccc1)c1ccc([C@H](C)O)cn1. The number of aliphatic hydroxyl groups is 1. The minimum absolute atomic E-state index is 0.474. The third kappa shape index (κ3) is 2.68. The molecule has 0 aliphatic rings. The van der Waals surface area contributed by atoms with Crippen molar-refractivity contribution in [2.24, 2.45) is 0 Å². The van der Waals surface area contributed by atoms with Crippen LogP contribution < -0.4 is 4.90 Å². The van der Waals surface area contributed by atoms with Crippen LogP contribution in [0.5, 0.6) is 0 Å². The molecule has 1 aromatic heterocycles. The second kappa shape index (κ2) is 5.65. The Kier molecular flexibility index (Phi) is 3.95. The summed E-state index contributed by atoms with van der Waals surface area (Å²) in [6, 6.07) is 14.0. The highest BCUT2D eigenvalue weighted by Gasteiger charge is 2.08. The number of hydrogen-bond donors (Lipinski definition) is 1.